The van der Waals surface area contributed by atoms with Crippen LogP contribution in [0.25, 0.3) is 0 Å². The summed E-state index contributed by atoms with van der Waals surface area (Å²) in [4.78, 5) is 12.3. The van der Waals surface area contributed by atoms with E-state index in [0.717, 1.165) is 36.1 Å². The summed E-state index contributed by atoms with van der Waals surface area (Å²) < 4.78 is 17.4. The molecule has 25 heavy (non-hydrogen) atoms. The molecule has 0 amide bonds. The fourth-order valence-electron chi connectivity index (χ4n) is 2.70. The lowest BCUT2D eigenvalue weighted by Gasteiger charge is -2.22. The summed E-state index contributed by atoms with van der Waals surface area (Å²) in [5.74, 6) is 0.815. The molecule has 5 heteroatoms. The van der Waals surface area contributed by atoms with Crippen molar-refractivity contribution < 1.29 is 19.0 Å². The van der Waals surface area contributed by atoms with Crippen LogP contribution in [0.15, 0.2) is 53.0 Å². The predicted octanol–water partition coefficient (Wildman–Crippen LogP) is 4.61. The van der Waals surface area contributed by atoms with Crippen molar-refractivity contribution in [2.45, 2.75) is 19.4 Å². The van der Waals surface area contributed by atoms with E-state index < -0.39 is 0 Å². The number of hydrogen-bond acceptors (Lipinski definition) is 4. The summed E-state index contributed by atoms with van der Waals surface area (Å²) in [7, 11) is 0. The van der Waals surface area contributed by atoms with Crippen LogP contribution in [0.2, 0.25) is 0 Å². The van der Waals surface area contributed by atoms with Crippen molar-refractivity contribution in [3.05, 3.63) is 64.1 Å². The fraction of sp³-hybridized carbons (Fsp3) is 0.350. The SMILES string of the molecule is O=C(OCc1ccccc1)c1cc(Br)cc(OCC2CCOCC2)c1. The number of benzene rings is 2. The van der Waals surface area contributed by atoms with Gasteiger partial charge in [0, 0.05) is 17.7 Å². The van der Waals surface area contributed by atoms with Gasteiger partial charge in [0.1, 0.15) is 12.4 Å². The van der Waals surface area contributed by atoms with Crippen LogP contribution in [0.1, 0.15) is 28.8 Å². The van der Waals surface area contributed by atoms with Gasteiger partial charge < -0.3 is 14.2 Å². The Morgan fingerprint density at radius 2 is 1.88 bits per heavy atom. The van der Waals surface area contributed by atoms with Gasteiger partial charge in [-0.15, -0.1) is 0 Å². The Bertz CT molecular complexity index is 696. The highest BCUT2D eigenvalue weighted by molar-refractivity contribution is 9.10. The minimum absolute atomic E-state index is 0.254. The first-order valence-corrected chi connectivity index (χ1v) is 9.22. The van der Waals surface area contributed by atoms with Crippen LogP contribution in [0, 0.1) is 5.92 Å². The Balaban J connectivity index is 1.59. The van der Waals surface area contributed by atoms with E-state index in [1.807, 2.05) is 36.4 Å². The molecule has 4 nitrogen and oxygen atoms in total. The molecular formula is C20H21BrO4. The predicted molar refractivity (Wildman–Crippen MR) is 98.7 cm³/mol. The molecule has 132 valence electrons. The summed E-state index contributed by atoms with van der Waals surface area (Å²) in [5, 5.41) is 0. The standard InChI is InChI=1S/C20H21BrO4/c21-18-10-17(20(22)25-14-15-4-2-1-3-5-15)11-19(12-18)24-13-16-6-8-23-9-7-16/h1-5,10-12,16H,6-9,13-14H2. The number of carbonyl (C=O) groups excluding carboxylic acids is 1. The van der Waals surface area contributed by atoms with Crippen molar-refractivity contribution in [3.63, 3.8) is 0 Å². The average Bonchev–Trinajstić information content (AvgIpc) is 2.66. The molecular weight excluding hydrogens is 384 g/mol. The second-order valence-corrected chi connectivity index (χ2v) is 7.02. The highest BCUT2D eigenvalue weighted by Gasteiger charge is 2.16. The van der Waals surface area contributed by atoms with Gasteiger partial charge in [0.2, 0.25) is 0 Å². The molecule has 1 saturated heterocycles. The lowest BCUT2D eigenvalue weighted by molar-refractivity contribution is 0.0469. The normalized spacial score (nSPS) is 14.9. The van der Waals surface area contributed by atoms with Gasteiger partial charge in [-0.1, -0.05) is 46.3 Å². The van der Waals surface area contributed by atoms with Crippen molar-refractivity contribution in [3.8, 4) is 5.75 Å². The molecule has 1 aliphatic rings. The van der Waals surface area contributed by atoms with Crippen molar-refractivity contribution >= 4 is 21.9 Å². The van der Waals surface area contributed by atoms with Gasteiger partial charge in [0.05, 0.1) is 12.2 Å². The van der Waals surface area contributed by atoms with Gasteiger partial charge in [-0.3, -0.25) is 0 Å². The number of rotatable bonds is 6. The van der Waals surface area contributed by atoms with Gasteiger partial charge in [0.15, 0.2) is 0 Å². The first-order chi connectivity index (χ1) is 12.2. The third-order valence-electron chi connectivity index (χ3n) is 4.15. The molecule has 1 heterocycles. The average molecular weight is 405 g/mol. The first-order valence-electron chi connectivity index (χ1n) is 8.43. The second kappa shape index (κ2) is 9.02. The van der Waals surface area contributed by atoms with Crippen LogP contribution in [0.3, 0.4) is 0 Å². The third-order valence-corrected chi connectivity index (χ3v) is 4.60. The Kier molecular flexibility index (Phi) is 6.48. The van der Waals surface area contributed by atoms with Gasteiger partial charge >= 0.3 is 5.97 Å². The van der Waals surface area contributed by atoms with E-state index in [-0.39, 0.29) is 12.6 Å². The molecule has 0 unspecified atom stereocenters. The van der Waals surface area contributed by atoms with E-state index in [4.69, 9.17) is 14.2 Å². The molecule has 0 radical (unpaired) electrons. The van der Waals surface area contributed by atoms with E-state index >= 15 is 0 Å². The highest BCUT2D eigenvalue weighted by Crippen LogP contribution is 2.24. The number of carbonyl (C=O) groups is 1. The van der Waals surface area contributed by atoms with Crippen molar-refractivity contribution in [2.75, 3.05) is 19.8 Å². The van der Waals surface area contributed by atoms with Crippen LogP contribution in [-0.4, -0.2) is 25.8 Å². The van der Waals surface area contributed by atoms with Crippen LogP contribution in [-0.2, 0) is 16.1 Å². The minimum atomic E-state index is -0.360. The minimum Gasteiger partial charge on any atom is -0.493 e. The summed E-state index contributed by atoms with van der Waals surface area (Å²) in [6.45, 7) is 2.48. The van der Waals surface area contributed by atoms with Crippen molar-refractivity contribution in [1.82, 2.24) is 0 Å². The maximum absolute atomic E-state index is 12.3. The smallest absolute Gasteiger partial charge is 0.338 e. The highest BCUT2D eigenvalue weighted by atomic mass is 79.9. The van der Waals surface area contributed by atoms with Crippen LogP contribution in [0.4, 0.5) is 0 Å². The Labute approximate surface area is 156 Å². The molecule has 0 aromatic heterocycles. The lowest BCUT2D eigenvalue weighted by Crippen LogP contribution is -2.21. The zero-order valence-electron chi connectivity index (χ0n) is 13.9. The largest absolute Gasteiger partial charge is 0.493 e. The maximum atomic E-state index is 12.3. The Morgan fingerprint density at radius 3 is 2.64 bits per heavy atom. The molecule has 3 rings (SSSR count). The van der Waals surface area contributed by atoms with Gasteiger partial charge in [-0.05, 0) is 42.5 Å². The molecule has 0 spiro atoms. The number of halogens is 1. The van der Waals surface area contributed by atoms with Crippen LogP contribution < -0.4 is 4.74 Å². The molecule has 2 aromatic carbocycles. The number of hydrogen-bond donors (Lipinski definition) is 0. The lowest BCUT2D eigenvalue weighted by atomic mass is 10.0. The number of ether oxygens (including phenoxy) is 3. The first kappa shape index (κ1) is 18.0. The van der Waals surface area contributed by atoms with E-state index in [2.05, 4.69) is 15.9 Å². The number of esters is 1. The van der Waals surface area contributed by atoms with E-state index in [1.165, 1.54) is 0 Å². The molecule has 0 saturated carbocycles. The molecule has 0 bridgehead atoms. The van der Waals surface area contributed by atoms with Gasteiger partial charge in [-0.2, -0.15) is 0 Å². The summed E-state index contributed by atoms with van der Waals surface area (Å²) in [6.07, 6.45) is 2.03. The summed E-state index contributed by atoms with van der Waals surface area (Å²) in [6, 6.07) is 15.0. The van der Waals surface area contributed by atoms with E-state index in [9.17, 15) is 4.79 Å². The molecule has 0 N–H and O–H groups in total. The molecule has 2 aromatic rings. The van der Waals surface area contributed by atoms with Gasteiger partial charge in [0.25, 0.3) is 0 Å². The quantitative estimate of drug-likeness (QED) is 0.659. The van der Waals surface area contributed by atoms with Crippen molar-refractivity contribution in [1.29, 1.82) is 0 Å². The Hall–Kier alpha value is -1.85. The Morgan fingerprint density at radius 1 is 1.12 bits per heavy atom. The van der Waals surface area contributed by atoms with E-state index in [0.29, 0.717) is 23.8 Å². The third kappa shape index (κ3) is 5.58. The molecule has 1 fully saturated rings. The summed E-state index contributed by atoms with van der Waals surface area (Å²) in [5.41, 5.74) is 1.44. The van der Waals surface area contributed by atoms with Gasteiger partial charge in [-0.25, -0.2) is 4.79 Å². The molecule has 1 aliphatic heterocycles. The molecule has 0 aliphatic carbocycles. The topological polar surface area (TPSA) is 44.8 Å². The zero-order valence-corrected chi connectivity index (χ0v) is 15.5. The second-order valence-electron chi connectivity index (χ2n) is 6.10. The monoisotopic (exact) mass is 404 g/mol. The van der Waals surface area contributed by atoms with Crippen molar-refractivity contribution in [2.24, 2.45) is 5.92 Å². The molecule has 0 atom stereocenters. The zero-order chi connectivity index (χ0) is 17.5. The van der Waals surface area contributed by atoms with E-state index in [1.54, 1.807) is 12.1 Å². The van der Waals surface area contributed by atoms with Crippen LogP contribution >= 0.6 is 15.9 Å². The van der Waals surface area contributed by atoms with Crippen LogP contribution in [0.5, 0.6) is 5.75 Å². The maximum Gasteiger partial charge on any atom is 0.338 e. The fourth-order valence-corrected chi connectivity index (χ4v) is 3.17. The summed E-state index contributed by atoms with van der Waals surface area (Å²) >= 11 is 3.44.